The fourth-order valence-corrected chi connectivity index (χ4v) is 4.06. The molecule has 29 heavy (non-hydrogen) atoms. The third kappa shape index (κ3) is 4.22. The van der Waals surface area contributed by atoms with Gasteiger partial charge in [-0.05, 0) is 54.8 Å². The highest BCUT2D eigenvalue weighted by atomic mass is 32.1. The number of rotatable bonds is 7. The maximum absolute atomic E-state index is 12.6. The molecule has 2 aromatic heterocycles. The summed E-state index contributed by atoms with van der Waals surface area (Å²) in [4.78, 5) is 37.4. The predicted molar refractivity (Wildman–Crippen MR) is 107 cm³/mol. The zero-order valence-electron chi connectivity index (χ0n) is 15.9. The fraction of sp³-hybridized carbons (Fsp3) is 0.333. The molecular weight excluding hydrogens is 392 g/mol. The molecule has 8 heteroatoms. The van der Waals surface area contributed by atoms with Gasteiger partial charge in [0.05, 0.1) is 17.8 Å². The van der Waals surface area contributed by atoms with Crippen LogP contribution in [-0.2, 0) is 28.9 Å². The molecule has 3 aromatic rings. The van der Waals surface area contributed by atoms with E-state index >= 15 is 0 Å². The maximum atomic E-state index is 12.6. The minimum absolute atomic E-state index is 0.0201. The quantitative estimate of drug-likeness (QED) is 0.437. The highest BCUT2D eigenvalue weighted by Crippen LogP contribution is 2.24. The van der Waals surface area contributed by atoms with E-state index in [1.165, 1.54) is 22.5 Å². The van der Waals surface area contributed by atoms with E-state index in [0.717, 1.165) is 28.8 Å². The average molecular weight is 412 g/mol. The van der Waals surface area contributed by atoms with Crippen LogP contribution in [0.4, 0.5) is 0 Å². The Morgan fingerprint density at radius 1 is 1.28 bits per heavy atom. The van der Waals surface area contributed by atoms with Crippen molar-refractivity contribution in [3.05, 3.63) is 63.0 Å². The molecule has 0 amide bonds. The Morgan fingerprint density at radius 2 is 2.10 bits per heavy atom. The first-order valence-electron chi connectivity index (χ1n) is 9.48. The lowest BCUT2D eigenvalue weighted by molar-refractivity contribution is -0.146. The zero-order chi connectivity index (χ0) is 20.4. The molecule has 0 bridgehead atoms. The third-order valence-corrected chi connectivity index (χ3v) is 5.78. The van der Waals surface area contributed by atoms with Crippen LogP contribution >= 0.6 is 11.3 Å². The average Bonchev–Trinajstić information content (AvgIpc) is 3.45. The van der Waals surface area contributed by atoms with Gasteiger partial charge in [0.2, 0.25) is 5.78 Å². The SMILES string of the molecule is CC(OC(=O)CCn1nc(-c2cccs2)oc1=O)C(=O)c1ccc2c(c1)CCC2. The second kappa shape index (κ2) is 8.16. The largest absolute Gasteiger partial charge is 0.454 e. The van der Waals surface area contributed by atoms with Gasteiger partial charge in [0.15, 0.2) is 6.10 Å². The van der Waals surface area contributed by atoms with Crippen molar-refractivity contribution >= 4 is 23.1 Å². The van der Waals surface area contributed by atoms with E-state index in [9.17, 15) is 14.4 Å². The van der Waals surface area contributed by atoms with E-state index in [-0.39, 0.29) is 24.6 Å². The van der Waals surface area contributed by atoms with Crippen molar-refractivity contribution < 1.29 is 18.7 Å². The first-order valence-corrected chi connectivity index (χ1v) is 10.4. The molecule has 1 atom stereocenters. The maximum Gasteiger partial charge on any atom is 0.437 e. The van der Waals surface area contributed by atoms with Gasteiger partial charge in [0.25, 0.3) is 5.89 Å². The second-order valence-corrected chi connectivity index (χ2v) is 7.90. The molecule has 0 N–H and O–H groups in total. The van der Waals surface area contributed by atoms with Crippen molar-refractivity contribution in [3.8, 4) is 10.8 Å². The van der Waals surface area contributed by atoms with E-state index < -0.39 is 17.8 Å². The molecule has 1 aromatic carbocycles. The summed E-state index contributed by atoms with van der Waals surface area (Å²) in [7, 11) is 0. The van der Waals surface area contributed by atoms with E-state index in [2.05, 4.69) is 5.10 Å². The molecule has 1 unspecified atom stereocenters. The number of fused-ring (bicyclic) bond motifs is 1. The number of nitrogens with zero attached hydrogens (tertiary/aromatic N) is 2. The first kappa shape index (κ1) is 19.3. The van der Waals surface area contributed by atoms with Crippen LogP contribution in [0.2, 0.25) is 0 Å². The number of aryl methyl sites for hydroxylation is 3. The number of esters is 1. The molecule has 7 nitrogen and oxygen atoms in total. The van der Waals surface area contributed by atoms with Gasteiger partial charge in [-0.2, -0.15) is 4.68 Å². The number of ketones is 1. The summed E-state index contributed by atoms with van der Waals surface area (Å²) < 4.78 is 11.5. The highest BCUT2D eigenvalue weighted by molar-refractivity contribution is 7.13. The van der Waals surface area contributed by atoms with Gasteiger partial charge in [-0.1, -0.05) is 18.2 Å². The molecule has 0 radical (unpaired) electrons. The molecule has 0 saturated heterocycles. The van der Waals surface area contributed by atoms with Crippen LogP contribution in [-0.4, -0.2) is 27.6 Å². The van der Waals surface area contributed by atoms with E-state index in [1.54, 1.807) is 19.1 Å². The van der Waals surface area contributed by atoms with Crippen LogP contribution in [0, 0.1) is 0 Å². The van der Waals surface area contributed by atoms with Crippen molar-refractivity contribution in [1.29, 1.82) is 0 Å². The lowest BCUT2D eigenvalue weighted by atomic mass is 10.0. The summed E-state index contributed by atoms with van der Waals surface area (Å²) in [5, 5.41) is 5.94. The van der Waals surface area contributed by atoms with Crippen LogP contribution in [0.15, 0.2) is 44.9 Å². The first-order chi connectivity index (χ1) is 14.0. The van der Waals surface area contributed by atoms with Crippen molar-refractivity contribution in [2.24, 2.45) is 0 Å². The molecule has 0 spiro atoms. The van der Waals surface area contributed by atoms with Gasteiger partial charge < -0.3 is 9.15 Å². The third-order valence-electron chi connectivity index (χ3n) is 4.93. The van der Waals surface area contributed by atoms with Crippen LogP contribution in [0.1, 0.15) is 41.3 Å². The summed E-state index contributed by atoms with van der Waals surface area (Å²) in [6, 6.07) is 9.29. The number of hydrogen-bond donors (Lipinski definition) is 0. The van der Waals surface area contributed by atoms with E-state index in [1.807, 2.05) is 23.6 Å². The molecule has 150 valence electrons. The van der Waals surface area contributed by atoms with Gasteiger partial charge in [-0.25, -0.2) is 4.79 Å². The van der Waals surface area contributed by atoms with Crippen LogP contribution in [0.3, 0.4) is 0 Å². The van der Waals surface area contributed by atoms with Gasteiger partial charge in [0, 0.05) is 5.56 Å². The Kier molecular flexibility index (Phi) is 5.44. The van der Waals surface area contributed by atoms with Gasteiger partial charge in [0.1, 0.15) is 0 Å². The molecule has 0 aliphatic heterocycles. The topological polar surface area (TPSA) is 91.4 Å². The summed E-state index contributed by atoms with van der Waals surface area (Å²) >= 11 is 1.40. The second-order valence-electron chi connectivity index (χ2n) is 6.96. The molecular formula is C21H20N2O5S. The van der Waals surface area contributed by atoms with Gasteiger partial charge in [-0.3, -0.25) is 9.59 Å². The smallest absolute Gasteiger partial charge is 0.437 e. The van der Waals surface area contributed by atoms with Crippen molar-refractivity contribution in [2.45, 2.75) is 45.3 Å². The molecule has 1 aliphatic rings. The van der Waals surface area contributed by atoms with Crippen molar-refractivity contribution in [3.63, 3.8) is 0 Å². The van der Waals surface area contributed by atoms with Crippen LogP contribution in [0.5, 0.6) is 0 Å². The lowest BCUT2D eigenvalue weighted by Gasteiger charge is -2.13. The minimum atomic E-state index is -0.891. The zero-order valence-corrected chi connectivity index (χ0v) is 16.7. The Bertz CT molecular complexity index is 1100. The molecule has 0 fully saturated rings. The van der Waals surface area contributed by atoms with Crippen molar-refractivity contribution in [1.82, 2.24) is 9.78 Å². The van der Waals surface area contributed by atoms with Crippen molar-refractivity contribution in [2.75, 3.05) is 0 Å². The number of hydrogen-bond acceptors (Lipinski definition) is 7. The minimum Gasteiger partial charge on any atom is -0.454 e. The number of carbonyl (C=O) groups excluding carboxylic acids is 2. The number of carbonyl (C=O) groups is 2. The molecule has 0 saturated carbocycles. The summed E-state index contributed by atoms with van der Waals surface area (Å²) in [5.74, 6) is -1.21. The normalized spacial score (nSPS) is 13.8. The van der Waals surface area contributed by atoms with Crippen LogP contribution in [0.25, 0.3) is 10.8 Å². The summed E-state index contributed by atoms with van der Waals surface area (Å²) in [6.45, 7) is 1.58. The molecule has 2 heterocycles. The fourth-order valence-electron chi connectivity index (χ4n) is 3.41. The number of benzene rings is 1. The van der Waals surface area contributed by atoms with Gasteiger partial charge in [-0.15, -0.1) is 16.4 Å². The van der Waals surface area contributed by atoms with E-state index in [4.69, 9.17) is 9.15 Å². The number of Topliss-reactive ketones (excluding diaryl/α,β-unsaturated/α-hetero) is 1. The molecule has 1 aliphatic carbocycles. The Morgan fingerprint density at radius 3 is 2.90 bits per heavy atom. The monoisotopic (exact) mass is 412 g/mol. The standard InChI is InChI=1S/C21H20N2O5S/c1-13(19(25)16-8-7-14-4-2-5-15(14)12-16)27-18(24)9-10-23-21(26)28-20(22-23)17-6-3-11-29-17/h3,6-8,11-13H,2,4-5,9-10H2,1H3. The lowest BCUT2D eigenvalue weighted by Crippen LogP contribution is -2.26. The summed E-state index contributed by atoms with van der Waals surface area (Å²) in [6.07, 6.45) is 2.15. The van der Waals surface area contributed by atoms with Gasteiger partial charge >= 0.3 is 11.7 Å². The Labute approximate surface area is 170 Å². The Balaban J connectivity index is 1.34. The number of aromatic nitrogens is 2. The van der Waals surface area contributed by atoms with E-state index in [0.29, 0.717) is 5.56 Å². The molecule has 4 rings (SSSR count). The summed E-state index contributed by atoms with van der Waals surface area (Å²) in [5.41, 5.74) is 3.03. The number of thiophene rings is 1. The highest BCUT2D eigenvalue weighted by Gasteiger charge is 2.22. The predicted octanol–water partition coefficient (Wildman–Crippen LogP) is 3.26. The number of ether oxygens (including phenoxy) is 1. The van der Waals surface area contributed by atoms with Crippen LogP contribution < -0.4 is 5.76 Å². The Hall–Kier alpha value is -3.00.